The zero-order valence-electron chi connectivity index (χ0n) is 25.6. The van der Waals surface area contributed by atoms with Crippen LogP contribution >= 0.6 is 11.6 Å². The van der Waals surface area contributed by atoms with Gasteiger partial charge in [-0.25, -0.2) is 0 Å². The molecule has 0 bridgehead atoms. The lowest BCUT2D eigenvalue weighted by atomic mass is 9.79. The van der Waals surface area contributed by atoms with Gasteiger partial charge in [0.2, 0.25) is 5.69 Å². The van der Waals surface area contributed by atoms with Crippen molar-refractivity contribution in [2.45, 2.75) is 63.8 Å². The molecule has 2 unspecified atom stereocenters. The Morgan fingerprint density at radius 1 is 0.927 bits per heavy atom. The lowest BCUT2D eigenvalue weighted by Crippen LogP contribution is -2.41. The Kier molecular flexibility index (Phi) is 8.94. The van der Waals surface area contributed by atoms with Gasteiger partial charge in [-0.05, 0) is 50.3 Å². The number of hydrogen-bond donors (Lipinski definition) is 0. The van der Waals surface area contributed by atoms with Crippen LogP contribution < -0.4 is 4.90 Å². The fraction of sp³-hybridized carbons (Fsp3) is 0.472. The van der Waals surface area contributed by atoms with Crippen LogP contribution in [0.5, 0.6) is 0 Å². The van der Waals surface area contributed by atoms with E-state index in [2.05, 4.69) is 110 Å². The van der Waals surface area contributed by atoms with Gasteiger partial charge in [0.15, 0.2) is 12.3 Å². The van der Waals surface area contributed by atoms with E-state index in [4.69, 9.17) is 21.1 Å². The number of halogens is 1. The second-order valence-corrected chi connectivity index (χ2v) is 13.0. The summed E-state index contributed by atoms with van der Waals surface area (Å²) in [6.07, 6.45) is 12.6. The maximum atomic E-state index is 7.18. The Bertz CT molecular complexity index is 1380. The molecule has 0 saturated heterocycles. The van der Waals surface area contributed by atoms with Crippen LogP contribution in [0.4, 0.5) is 11.4 Å². The molecule has 41 heavy (non-hydrogen) atoms. The molecular weight excluding hydrogens is 528 g/mol. The van der Waals surface area contributed by atoms with Crippen molar-refractivity contribution in [3.8, 4) is 0 Å². The van der Waals surface area contributed by atoms with Crippen LogP contribution in [0.15, 0.2) is 83.4 Å². The monoisotopic (exact) mass is 573 g/mol. The number of ether oxygens (including phenoxy) is 2. The van der Waals surface area contributed by atoms with Crippen molar-refractivity contribution in [2.75, 3.05) is 45.4 Å². The molecule has 0 fully saturated rings. The summed E-state index contributed by atoms with van der Waals surface area (Å²) in [5.74, 6) is 0.234. The second kappa shape index (κ2) is 12.3. The number of methoxy groups -OCH3 is 2. The quantitative estimate of drug-likeness (QED) is 0.213. The van der Waals surface area contributed by atoms with Crippen molar-refractivity contribution in [1.29, 1.82) is 0 Å². The van der Waals surface area contributed by atoms with Crippen molar-refractivity contribution in [2.24, 2.45) is 5.92 Å². The molecule has 218 valence electrons. The van der Waals surface area contributed by atoms with E-state index in [0.29, 0.717) is 13.2 Å². The summed E-state index contributed by atoms with van der Waals surface area (Å²) < 4.78 is 13.4. The van der Waals surface area contributed by atoms with Gasteiger partial charge in [0, 0.05) is 60.5 Å². The highest BCUT2D eigenvalue weighted by molar-refractivity contribution is 6.30. The minimum atomic E-state index is -0.0867. The van der Waals surface area contributed by atoms with Gasteiger partial charge in [-0.2, -0.15) is 4.58 Å². The fourth-order valence-electron chi connectivity index (χ4n) is 7.09. The van der Waals surface area contributed by atoms with Crippen molar-refractivity contribution in [3.63, 3.8) is 0 Å². The summed E-state index contributed by atoms with van der Waals surface area (Å²) in [5.41, 5.74) is 7.81. The van der Waals surface area contributed by atoms with E-state index in [1.54, 1.807) is 14.2 Å². The lowest BCUT2D eigenvalue weighted by Gasteiger charge is -2.33. The lowest BCUT2D eigenvalue weighted by molar-refractivity contribution is -0.441. The van der Waals surface area contributed by atoms with Crippen LogP contribution in [0.2, 0.25) is 0 Å². The summed E-state index contributed by atoms with van der Waals surface area (Å²) in [6.45, 7) is 12.4. The molecule has 0 N–H and O–H groups in total. The topological polar surface area (TPSA) is 24.7 Å². The maximum absolute atomic E-state index is 7.18. The number of rotatable bonds is 10. The highest BCUT2D eigenvalue weighted by Gasteiger charge is 2.44. The zero-order valence-corrected chi connectivity index (χ0v) is 26.4. The molecule has 2 aromatic rings. The Balaban J connectivity index is 1.42. The smallest absolute Gasteiger partial charge is 0.209 e. The van der Waals surface area contributed by atoms with Gasteiger partial charge in [-0.3, -0.25) is 0 Å². The Labute approximate surface area is 252 Å². The van der Waals surface area contributed by atoms with Gasteiger partial charge >= 0.3 is 0 Å². The average Bonchev–Trinajstić information content (AvgIpc) is 3.32. The highest BCUT2D eigenvalue weighted by Crippen LogP contribution is 2.46. The number of allylic oxidation sites excluding steroid dienone is 5. The first-order valence-corrected chi connectivity index (χ1v) is 15.4. The molecule has 0 radical (unpaired) electrons. The third-order valence-corrected chi connectivity index (χ3v) is 9.92. The fourth-order valence-corrected chi connectivity index (χ4v) is 7.42. The Hall–Kier alpha value is -2.66. The molecule has 3 aliphatic rings. The summed E-state index contributed by atoms with van der Waals surface area (Å²) in [4.78, 5) is 2.50. The number of nitrogens with zero attached hydrogens (tertiary/aromatic N) is 2. The standard InChI is InChI=1S/C36H46ClN2O2/c1-35(2)28-14-7-9-16-30(28)38(22-24-40-5)32(35)20-18-26-12-11-13-27(34(26)37)19-21-33-36(3,4)29-15-8-10-17-31(29)39(33)23-25-41-6/h7-10,14-21,26,32H,11-13,22-25H2,1-6H3/q+1. The molecule has 4 nitrogen and oxygen atoms in total. The minimum absolute atomic E-state index is 0.000210. The first-order valence-electron chi connectivity index (χ1n) is 15.0. The van der Waals surface area contributed by atoms with E-state index >= 15 is 0 Å². The molecule has 0 aromatic heterocycles. The predicted molar refractivity (Wildman–Crippen MR) is 172 cm³/mol. The minimum Gasteiger partial charge on any atom is -0.383 e. The van der Waals surface area contributed by atoms with Crippen molar-refractivity contribution in [1.82, 2.24) is 0 Å². The molecule has 2 heterocycles. The second-order valence-electron chi connectivity index (χ2n) is 12.6. The van der Waals surface area contributed by atoms with E-state index in [1.165, 1.54) is 33.8 Å². The third kappa shape index (κ3) is 5.59. The predicted octanol–water partition coefficient (Wildman–Crippen LogP) is 7.93. The van der Waals surface area contributed by atoms with E-state index in [9.17, 15) is 0 Å². The SMILES string of the molecule is COCCN1c2ccccc2C(C)(C)C1C=CC1CCCC(C=CC2=[N+](CCOC)c3ccccc3C2(C)C)=C1Cl. The van der Waals surface area contributed by atoms with Crippen LogP contribution in [0.3, 0.4) is 0 Å². The normalized spacial score (nSPS) is 23.2. The number of para-hydroxylation sites is 2. The maximum Gasteiger partial charge on any atom is 0.209 e. The number of fused-ring (bicyclic) bond motifs is 2. The van der Waals surface area contributed by atoms with Gasteiger partial charge in [0.05, 0.1) is 18.1 Å². The van der Waals surface area contributed by atoms with E-state index in [-0.39, 0.29) is 22.8 Å². The zero-order chi connectivity index (χ0) is 29.2. The summed E-state index contributed by atoms with van der Waals surface area (Å²) in [5, 5.41) is 0.984. The molecule has 0 saturated carbocycles. The molecule has 5 heteroatoms. The van der Waals surface area contributed by atoms with Crippen LogP contribution in [0.1, 0.15) is 58.1 Å². The van der Waals surface area contributed by atoms with Gasteiger partial charge in [-0.1, -0.05) is 80.1 Å². The van der Waals surface area contributed by atoms with Crippen LogP contribution in [0, 0.1) is 5.92 Å². The largest absolute Gasteiger partial charge is 0.383 e. The van der Waals surface area contributed by atoms with Gasteiger partial charge in [0.25, 0.3) is 0 Å². The van der Waals surface area contributed by atoms with Gasteiger partial charge in [-0.15, -0.1) is 0 Å². The van der Waals surface area contributed by atoms with E-state index < -0.39 is 0 Å². The van der Waals surface area contributed by atoms with Crippen molar-refractivity contribution >= 4 is 28.7 Å². The first-order chi connectivity index (χ1) is 19.7. The molecule has 2 aliphatic heterocycles. The van der Waals surface area contributed by atoms with E-state index in [0.717, 1.165) is 37.4 Å². The first kappa shape index (κ1) is 29.8. The number of benzene rings is 2. The van der Waals surface area contributed by atoms with Crippen LogP contribution in [-0.2, 0) is 20.3 Å². The molecule has 0 spiro atoms. The molecule has 0 amide bonds. The molecule has 2 atom stereocenters. The van der Waals surface area contributed by atoms with Gasteiger partial charge < -0.3 is 14.4 Å². The average molecular weight is 574 g/mol. The Morgan fingerprint density at radius 3 is 2.39 bits per heavy atom. The van der Waals surface area contributed by atoms with Crippen LogP contribution in [-0.4, -0.2) is 56.9 Å². The number of hydrogen-bond acceptors (Lipinski definition) is 3. The number of anilines is 1. The third-order valence-electron chi connectivity index (χ3n) is 9.40. The Morgan fingerprint density at radius 2 is 1.63 bits per heavy atom. The highest BCUT2D eigenvalue weighted by atomic mass is 35.5. The summed E-state index contributed by atoms with van der Waals surface area (Å²) in [7, 11) is 3.55. The molecule has 1 aliphatic carbocycles. The van der Waals surface area contributed by atoms with Crippen LogP contribution in [0.25, 0.3) is 0 Å². The van der Waals surface area contributed by atoms with Crippen molar-refractivity contribution < 1.29 is 14.0 Å². The molecule has 2 aromatic carbocycles. The van der Waals surface area contributed by atoms with E-state index in [1.807, 2.05) is 0 Å². The summed E-state index contributed by atoms with van der Waals surface area (Å²) in [6, 6.07) is 17.8. The molecular formula is C36H46ClN2O2+. The van der Waals surface area contributed by atoms with Crippen molar-refractivity contribution in [3.05, 3.63) is 94.6 Å². The van der Waals surface area contributed by atoms with Gasteiger partial charge in [0.1, 0.15) is 6.61 Å². The summed E-state index contributed by atoms with van der Waals surface area (Å²) >= 11 is 7.18. The molecule has 5 rings (SSSR count).